The molecule has 5 nitrogen and oxygen atoms in total. The topological polar surface area (TPSA) is 65.7 Å². The van der Waals surface area contributed by atoms with Crippen LogP contribution in [0.4, 0.5) is 0 Å². The van der Waals surface area contributed by atoms with Crippen molar-refractivity contribution in [2.45, 2.75) is 132 Å². The molecule has 0 amide bonds. The van der Waals surface area contributed by atoms with Crippen LogP contribution in [0.5, 0.6) is 5.75 Å². The maximum atomic E-state index is 13.0. The standard InChI is InChI=1S/C41H58O5/c1-24(2)10-9-11-25(3)33-15-16-34-32-13-12-29-22-30(18-20-40(29,7)35(32)19-21-41(33,34)8)45-37(42)23-44-36-17-14-31-26(4)27(5)39(43)46-38(31)28(36)6/h12,14,17,24-25,30,32-35H,9-11,13,15-16,18-23H2,1-8H3/t25-,30+,32+,33-,34+,35-,40+,41-/m1/s1. The molecule has 3 saturated carbocycles. The SMILES string of the molecule is Cc1c(C)c2ccc(OCC(=O)O[C@H]3CC[C@@]4(C)C(=CC[C@@H]5[C@H]4CC[C@]4(C)[C@@H]([C@H](C)CCCC(C)C)CC[C@@H]54)C3)c(C)c2oc1=O. The minimum atomic E-state index is -0.339. The Balaban J connectivity index is 1.07. The molecule has 4 aliphatic carbocycles. The molecule has 2 aromatic rings. The second-order valence-corrected chi connectivity index (χ2v) is 16.6. The molecule has 0 unspecified atom stereocenters. The molecule has 0 spiro atoms. The van der Waals surface area contributed by atoms with Gasteiger partial charge in [0.05, 0.1) is 0 Å². The van der Waals surface area contributed by atoms with Crippen LogP contribution in [0.2, 0.25) is 0 Å². The molecular formula is C41H58O5. The first kappa shape index (κ1) is 33.3. The second-order valence-electron chi connectivity index (χ2n) is 16.6. The Morgan fingerprint density at radius 2 is 1.74 bits per heavy atom. The highest BCUT2D eigenvalue weighted by atomic mass is 16.6. The van der Waals surface area contributed by atoms with Gasteiger partial charge in [-0.1, -0.05) is 65.5 Å². The van der Waals surface area contributed by atoms with Gasteiger partial charge < -0.3 is 13.9 Å². The van der Waals surface area contributed by atoms with E-state index in [0.717, 1.165) is 71.3 Å². The van der Waals surface area contributed by atoms with Crippen LogP contribution in [0.25, 0.3) is 11.0 Å². The summed E-state index contributed by atoms with van der Waals surface area (Å²) in [7, 11) is 0. The number of fused-ring (bicyclic) bond motifs is 6. The van der Waals surface area contributed by atoms with Crippen molar-refractivity contribution in [3.63, 3.8) is 0 Å². The Bertz CT molecular complexity index is 1550. The first-order valence-corrected chi connectivity index (χ1v) is 18.4. The summed E-state index contributed by atoms with van der Waals surface area (Å²) in [5.74, 6) is 5.14. The number of allylic oxidation sites excluding steroid dienone is 1. The number of esters is 1. The van der Waals surface area contributed by atoms with E-state index in [1.165, 1.54) is 56.9 Å². The molecule has 3 fully saturated rings. The van der Waals surface area contributed by atoms with Crippen LogP contribution in [0, 0.1) is 67.1 Å². The van der Waals surface area contributed by atoms with Crippen molar-refractivity contribution in [2.24, 2.45) is 46.3 Å². The zero-order valence-corrected chi connectivity index (χ0v) is 29.8. The van der Waals surface area contributed by atoms with Gasteiger partial charge in [0.1, 0.15) is 17.4 Å². The van der Waals surface area contributed by atoms with E-state index in [4.69, 9.17) is 13.9 Å². The van der Waals surface area contributed by atoms with E-state index >= 15 is 0 Å². The maximum absolute atomic E-state index is 13.0. The number of ether oxygens (including phenoxy) is 2. The highest BCUT2D eigenvalue weighted by molar-refractivity contribution is 5.85. The average molecular weight is 631 g/mol. The fourth-order valence-electron chi connectivity index (χ4n) is 10.9. The Kier molecular flexibility index (Phi) is 9.28. The van der Waals surface area contributed by atoms with Crippen molar-refractivity contribution < 1.29 is 18.7 Å². The van der Waals surface area contributed by atoms with Crippen LogP contribution in [-0.2, 0) is 9.53 Å². The maximum Gasteiger partial charge on any atom is 0.344 e. The summed E-state index contributed by atoms with van der Waals surface area (Å²) in [4.78, 5) is 25.3. The van der Waals surface area contributed by atoms with Crippen molar-refractivity contribution in [2.75, 3.05) is 6.61 Å². The third-order valence-corrected chi connectivity index (χ3v) is 13.7. The molecule has 0 radical (unpaired) electrons. The van der Waals surface area contributed by atoms with Gasteiger partial charge in [-0.05, 0) is 130 Å². The number of aryl methyl sites for hydroxylation is 2. The predicted molar refractivity (Wildman–Crippen MR) is 185 cm³/mol. The van der Waals surface area contributed by atoms with E-state index in [0.29, 0.717) is 22.3 Å². The largest absolute Gasteiger partial charge is 0.481 e. The summed E-state index contributed by atoms with van der Waals surface area (Å²) in [6, 6.07) is 3.75. The number of benzene rings is 1. The molecule has 4 aliphatic rings. The normalized spacial score (nSPS) is 32.8. The summed E-state index contributed by atoms with van der Waals surface area (Å²) in [5, 5.41) is 0.889. The minimum Gasteiger partial charge on any atom is -0.481 e. The third kappa shape index (κ3) is 5.87. The monoisotopic (exact) mass is 630 g/mol. The molecule has 0 aliphatic heterocycles. The highest BCUT2D eigenvalue weighted by Crippen LogP contribution is 2.67. The summed E-state index contributed by atoms with van der Waals surface area (Å²) < 4.78 is 17.5. The molecule has 5 heteroatoms. The molecule has 1 heterocycles. The van der Waals surface area contributed by atoms with E-state index in [1.54, 1.807) is 6.92 Å². The van der Waals surface area contributed by atoms with Gasteiger partial charge >= 0.3 is 11.6 Å². The predicted octanol–water partition coefficient (Wildman–Crippen LogP) is 10.1. The summed E-state index contributed by atoms with van der Waals surface area (Å²) in [6.07, 6.45) is 16.2. The second kappa shape index (κ2) is 12.8. The van der Waals surface area contributed by atoms with Gasteiger partial charge in [0, 0.05) is 22.9 Å². The van der Waals surface area contributed by atoms with Crippen molar-refractivity contribution >= 4 is 16.9 Å². The summed E-state index contributed by atoms with van der Waals surface area (Å²) >= 11 is 0. The quantitative estimate of drug-likeness (QED) is 0.157. The van der Waals surface area contributed by atoms with Crippen molar-refractivity contribution in [3.8, 4) is 5.75 Å². The lowest BCUT2D eigenvalue weighted by atomic mass is 9.47. The van der Waals surface area contributed by atoms with Crippen LogP contribution < -0.4 is 10.4 Å². The third-order valence-electron chi connectivity index (χ3n) is 13.7. The number of carbonyl (C=O) groups excluding carboxylic acids is 1. The molecule has 8 atom stereocenters. The lowest BCUT2D eigenvalue weighted by Gasteiger charge is -2.58. The summed E-state index contributed by atoms with van der Waals surface area (Å²) in [5.41, 5.74) is 4.68. The van der Waals surface area contributed by atoms with Gasteiger partial charge in [0.25, 0.3) is 0 Å². The Labute approximate surface area is 276 Å². The van der Waals surface area contributed by atoms with Gasteiger partial charge in [-0.15, -0.1) is 0 Å². The van der Waals surface area contributed by atoms with E-state index in [9.17, 15) is 9.59 Å². The van der Waals surface area contributed by atoms with E-state index in [-0.39, 0.29) is 29.7 Å². The Hall–Kier alpha value is -2.56. The van der Waals surface area contributed by atoms with Gasteiger partial charge in [-0.2, -0.15) is 0 Å². The number of hydrogen-bond donors (Lipinski definition) is 0. The molecule has 0 N–H and O–H groups in total. The zero-order valence-electron chi connectivity index (χ0n) is 29.8. The lowest BCUT2D eigenvalue weighted by Crippen LogP contribution is -2.51. The fourth-order valence-corrected chi connectivity index (χ4v) is 10.9. The van der Waals surface area contributed by atoms with Crippen LogP contribution in [0.3, 0.4) is 0 Å². The van der Waals surface area contributed by atoms with Crippen LogP contribution >= 0.6 is 0 Å². The number of carbonyl (C=O) groups is 1. The molecule has 6 rings (SSSR count). The molecule has 0 bridgehead atoms. The molecule has 252 valence electrons. The van der Waals surface area contributed by atoms with E-state index < -0.39 is 0 Å². The summed E-state index contributed by atoms with van der Waals surface area (Å²) in [6.45, 7) is 17.9. The lowest BCUT2D eigenvalue weighted by molar-refractivity contribution is -0.153. The number of hydrogen-bond acceptors (Lipinski definition) is 5. The highest BCUT2D eigenvalue weighted by Gasteiger charge is 2.59. The average Bonchev–Trinajstić information content (AvgIpc) is 3.37. The molecule has 0 saturated heterocycles. The minimum absolute atomic E-state index is 0.0928. The molecule has 46 heavy (non-hydrogen) atoms. The molecular weight excluding hydrogens is 572 g/mol. The molecule has 1 aromatic carbocycles. The Morgan fingerprint density at radius 1 is 0.957 bits per heavy atom. The van der Waals surface area contributed by atoms with Crippen LogP contribution in [0.15, 0.2) is 33.0 Å². The van der Waals surface area contributed by atoms with Crippen molar-refractivity contribution in [1.82, 2.24) is 0 Å². The van der Waals surface area contributed by atoms with E-state index in [1.807, 2.05) is 26.0 Å². The fraction of sp³-hybridized carbons (Fsp3) is 0.707. The van der Waals surface area contributed by atoms with Gasteiger partial charge in [0.15, 0.2) is 6.61 Å². The van der Waals surface area contributed by atoms with Crippen LogP contribution in [0.1, 0.15) is 122 Å². The molecule has 1 aromatic heterocycles. The van der Waals surface area contributed by atoms with Gasteiger partial charge in [-0.25, -0.2) is 9.59 Å². The van der Waals surface area contributed by atoms with Gasteiger partial charge in [0.2, 0.25) is 0 Å². The first-order chi connectivity index (χ1) is 21.8. The first-order valence-electron chi connectivity index (χ1n) is 18.4. The smallest absolute Gasteiger partial charge is 0.344 e. The van der Waals surface area contributed by atoms with Crippen LogP contribution in [-0.4, -0.2) is 18.7 Å². The van der Waals surface area contributed by atoms with Crippen molar-refractivity contribution in [1.29, 1.82) is 0 Å². The van der Waals surface area contributed by atoms with E-state index in [2.05, 4.69) is 40.7 Å². The number of rotatable bonds is 9. The van der Waals surface area contributed by atoms with Gasteiger partial charge in [-0.3, -0.25) is 0 Å². The Morgan fingerprint density at radius 3 is 2.50 bits per heavy atom. The zero-order chi connectivity index (χ0) is 33.0. The van der Waals surface area contributed by atoms with Crippen molar-refractivity contribution in [3.05, 3.63) is 50.9 Å².